The van der Waals surface area contributed by atoms with Gasteiger partial charge in [0.25, 0.3) is 0 Å². The SMILES string of the molecule is O=c1ccoc2cnccc12. The molecule has 0 saturated carbocycles. The van der Waals surface area contributed by atoms with Gasteiger partial charge in [0, 0.05) is 12.3 Å². The molecule has 2 heterocycles. The molecule has 11 heavy (non-hydrogen) atoms. The number of fused-ring (bicyclic) bond motifs is 1. The minimum atomic E-state index is -0.0337. The maximum absolute atomic E-state index is 11.1. The summed E-state index contributed by atoms with van der Waals surface area (Å²) in [7, 11) is 0. The van der Waals surface area contributed by atoms with Gasteiger partial charge in [0.05, 0.1) is 17.8 Å². The average molecular weight is 147 g/mol. The summed E-state index contributed by atoms with van der Waals surface area (Å²) >= 11 is 0. The Morgan fingerprint density at radius 1 is 1.36 bits per heavy atom. The largest absolute Gasteiger partial charge is 0.462 e. The molecule has 2 rings (SSSR count). The van der Waals surface area contributed by atoms with Crippen LogP contribution in [0.3, 0.4) is 0 Å². The van der Waals surface area contributed by atoms with Crippen LogP contribution in [0.4, 0.5) is 0 Å². The van der Waals surface area contributed by atoms with E-state index in [0.29, 0.717) is 11.0 Å². The number of pyridine rings is 1. The van der Waals surface area contributed by atoms with Gasteiger partial charge in [-0.3, -0.25) is 9.78 Å². The summed E-state index contributed by atoms with van der Waals surface area (Å²) in [5, 5.41) is 0.572. The van der Waals surface area contributed by atoms with E-state index >= 15 is 0 Å². The van der Waals surface area contributed by atoms with Crippen molar-refractivity contribution in [3.8, 4) is 0 Å². The molecule has 0 spiro atoms. The molecule has 0 amide bonds. The minimum absolute atomic E-state index is 0.0337. The summed E-state index contributed by atoms with van der Waals surface area (Å²) in [6.07, 6.45) is 4.46. The molecule has 2 aromatic rings. The van der Waals surface area contributed by atoms with Gasteiger partial charge in [0.15, 0.2) is 11.0 Å². The maximum Gasteiger partial charge on any atom is 0.192 e. The van der Waals surface area contributed by atoms with E-state index in [-0.39, 0.29) is 5.43 Å². The summed E-state index contributed by atoms with van der Waals surface area (Å²) < 4.78 is 5.03. The molecular weight excluding hydrogens is 142 g/mol. The molecule has 0 aromatic carbocycles. The van der Waals surface area contributed by atoms with Crippen molar-refractivity contribution in [3.05, 3.63) is 41.0 Å². The van der Waals surface area contributed by atoms with E-state index in [2.05, 4.69) is 4.98 Å². The lowest BCUT2D eigenvalue weighted by Gasteiger charge is -1.90. The van der Waals surface area contributed by atoms with Crippen LogP contribution in [0.1, 0.15) is 0 Å². The topological polar surface area (TPSA) is 43.1 Å². The molecule has 0 unspecified atom stereocenters. The first kappa shape index (κ1) is 6.09. The molecule has 3 heteroatoms. The third-order valence-corrected chi connectivity index (χ3v) is 1.46. The molecule has 3 nitrogen and oxygen atoms in total. The van der Waals surface area contributed by atoms with E-state index < -0.39 is 0 Å². The molecule has 0 aliphatic rings. The lowest BCUT2D eigenvalue weighted by molar-refractivity contribution is 0.601. The van der Waals surface area contributed by atoms with Crippen molar-refractivity contribution in [3.63, 3.8) is 0 Å². The highest BCUT2D eigenvalue weighted by Crippen LogP contribution is 2.04. The van der Waals surface area contributed by atoms with Crippen molar-refractivity contribution >= 4 is 11.0 Å². The summed E-state index contributed by atoms with van der Waals surface area (Å²) in [5.41, 5.74) is 0.494. The second-order valence-electron chi connectivity index (χ2n) is 2.16. The van der Waals surface area contributed by atoms with E-state index in [4.69, 9.17) is 4.42 Å². The van der Waals surface area contributed by atoms with E-state index in [9.17, 15) is 4.79 Å². The first-order chi connectivity index (χ1) is 5.38. The van der Waals surface area contributed by atoms with E-state index in [0.717, 1.165) is 0 Å². The van der Waals surface area contributed by atoms with Crippen LogP contribution in [-0.2, 0) is 0 Å². The molecule has 0 atom stereocenters. The number of rotatable bonds is 0. The highest BCUT2D eigenvalue weighted by Gasteiger charge is 1.95. The van der Waals surface area contributed by atoms with Crippen LogP contribution in [0.25, 0.3) is 11.0 Å². The van der Waals surface area contributed by atoms with Crippen molar-refractivity contribution in [2.45, 2.75) is 0 Å². The van der Waals surface area contributed by atoms with Crippen molar-refractivity contribution in [2.75, 3.05) is 0 Å². The zero-order valence-corrected chi connectivity index (χ0v) is 5.65. The van der Waals surface area contributed by atoms with Gasteiger partial charge in [-0.1, -0.05) is 0 Å². The Morgan fingerprint density at radius 2 is 2.27 bits per heavy atom. The Bertz CT molecular complexity index is 428. The van der Waals surface area contributed by atoms with Crippen LogP contribution in [0.5, 0.6) is 0 Å². The standard InChI is InChI=1S/C8H5NO2/c10-7-2-4-11-8-5-9-3-1-6(7)8/h1-5H. The maximum atomic E-state index is 11.1. The number of aromatic nitrogens is 1. The van der Waals surface area contributed by atoms with E-state index in [1.54, 1.807) is 12.3 Å². The molecular formula is C8H5NO2. The van der Waals surface area contributed by atoms with Crippen molar-refractivity contribution in [1.82, 2.24) is 4.98 Å². The van der Waals surface area contributed by atoms with Crippen molar-refractivity contribution < 1.29 is 4.42 Å². The Morgan fingerprint density at radius 3 is 3.09 bits per heavy atom. The smallest absolute Gasteiger partial charge is 0.192 e. The third kappa shape index (κ3) is 0.902. The summed E-state index contributed by atoms with van der Waals surface area (Å²) in [6, 6.07) is 3.03. The Kier molecular flexibility index (Phi) is 1.22. The summed E-state index contributed by atoms with van der Waals surface area (Å²) in [5.74, 6) is 0. The van der Waals surface area contributed by atoms with Gasteiger partial charge < -0.3 is 4.42 Å². The lowest BCUT2D eigenvalue weighted by Crippen LogP contribution is -1.97. The normalized spacial score (nSPS) is 10.2. The van der Waals surface area contributed by atoms with Gasteiger partial charge in [-0.2, -0.15) is 0 Å². The number of hydrogen-bond acceptors (Lipinski definition) is 3. The van der Waals surface area contributed by atoms with Crippen LogP contribution in [0.2, 0.25) is 0 Å². The van der Waals surface area contributed by atoms with E-state index in [1.165, 1.54) is 18.5 Å². The predicted molar refractivity (Wildman–Crippen MR) is 40.3 cm³/mol. The monoisotopic (exact) mass is 147 g/mol. The van der Waals surface area contributed by atoms with Crippen LogP contribution in [-0.4, -0.2) is 4.98 Å². The molecule has 2 aromatic heterocycles. The van der Waals surface area contributed by atoms with Crippen LogP contribution < -0.4 is 5.43 Å². The van der Waals surface area contributed by atoms with Crippen LogP contribution >= 0.6 is 0 Å². The van der Waals surface area contributed by atoms with E-state index in [1.807, 2.05) is 0 Å². The quantitative estimate of drug-likeness (QED) is 0.562. The van der Waals surface area contributed by atoms with Crippen LogP contribution in [0, 0.1) is 0 Å². The van der Waals surface area contributed by atoms with Gasteiger partial charge in [-0.15, -0.1) is 0 Å². The molecule has 0 aliphatic carbocycles. The molecule has 0 N–H and O–H groups in total. The van der Waals surface area contributed by atoms with Gasteiger partial charge in [-0.25, -0.2) is 0 Å². The molecule has 54 valence electrons. The van der Waals surface area contributed by atoms with Gasteiger partial charge in [-0.05, 0) is 6.07 Å². The highest BCUT2D eigenvalue weighted by atomic mass is 16.3. The fourth-order valence-electron chi connectivity index (χ4n) is 0.936. The molecule has 0 bridgehead atoms. The lowest BCUT2D eigenvalue weighted by atomic mass is 10.3. The van der Waals surface area contributed by atoms with Gasteiger partial charge >= 0.3 is 0 Å². The summed E-state index contributed by atoms with van der Waals surface area (Å²) in [4.78, 5) is 14.9. The molecule has 0 aliphatic heterocycles. The number of hydrogen-bond donors (Lipinski definition) is 0. The fraction of sp³-hybridized carbons (Fsp3) is 0. The summed E-state index contributed by atoms with van der Waals surface area (Å²) in [6.45, 7) is 0. The number of nitrogens with zero attached hydrogens (tertiary/aromatic N) is 1. The zero-order valence-electron chi connectivity index (χ0n) is 5.65. The zero-order chi connectivity index (χ0) is 7.68. The third-order valence-electron chi connectivity index (χ3n) is 1.46. The molecule has 0 fully saturated rings. The van der Waals surface area contributed by atoms with Crippen molar-refractivity contribution in [1.29, 1.82) is 0 Å². The van der Waals surface area contributed by atoms with Gasteiger partial charge in [0.1, 0.15) is 0 Å². The first-order valence-electron chi connectivity index (χ1n) is 3.19. The van der Waals surface area contributed by atoms with Gasteiger partial charge in [0.2, 0.25) is 0 Å². The Balaban J connectivity index is 3.03. The highest BCUT2D eigenvalue weighted by molar-refractivity contribution is 5.74. The Labute approximate surface area is 62.3 Å². The predicted octanol–water partition coefficient (Wildman–Crippen LogP) is 1.19. The first-order valence-corrected chi connectivity index (χ1v) is 3.19. The average Bonchev–Trinajstić information content (AvgIpc) is 2.06. The molecule has 0 radical (unpaired) electrons. The molecule has 0 saturated heterocycles. The van der Waals surface area contributed by atoms with Crippen molar-refractivity contribution in [2.24, 2.45) is 0 Å². The van der Waals surface area contributed by atoms with Crippen LogP contribution in [0.15, 0.2) is 40.0 Å². The second kappa shape index (κ2) is 2.20. The fourth-order valence-corrected chi connectivity index (χ4v) is 0.936. The minimum Gasteiger partial charge on any atom is -0.462 e. The second-order valence-corrected chi connectivity index (χ2v) is 2.16. The Hall–Kier alpha value is -1.64.